The lowest BCUT2D eigenvalue weighted by Gasteiger charge is -2.40. The summed E-state index contributed by atoms with van der Waals surface area (Å²) in [5.41, 5.74) is 0.0241. The Labute approximate surface area is 176 Å². The number of hydrogen-bond acceptors (Lipinski definition) is 7. The summed E-state index contributed by atoms with van der Waals surface area (Å²) in [5, 5.41) is 3.00. The second kappa shape index (κ2) is 9.82. The number of amides is 2. The third-order valence-electron chi connectivity index (χ3n) is 4.94. The van der Waals surface area contributed by atoms with Crippen molar-refractivity contribution < 1.29 is 18.7 Å². The van der Waals surface area contributed by atoms with Crippen LogP contribution in [-0.2, 0) is 9.53 Å². The van der Waals surface area contributed by atoms with Crippen molar-refractivity contribution in [3.63, 3.8) is 0 Å². The second-order valence-corrected chi connectivity index (χ2v) is 8.14. The average molecular weight is 415 g/mol. The average Bonchev–Trinajstić information content (AvgIpc) is 3.27. The van der Waals surface area contributed by atoms with Crippen LogP contribution in [0, 0.1) is 0 Å². The third kappa shape index (κ3) is 5.43. The predicted octanol–water partition coefficient (Wildman–Crippen LogP) is 1.50. The molecule has 0 bridgehead atoms. The summed E-state index contributed by atoms with van der Waals surface area (Å²) in [5.74, 6) is -0.563. The molecule has 0 spiro atoms. The molecule has 1 saturated heterocycles. The lowest BCUT2D eigenvalue weighted by Crippen LogP contribution is -2.53. The standard InChI is InChI=1S/C21H29N5O4/c1-21(2,3)26(20(28)17-14-23-15-30-17)18(16-4-6-22-7-5-16)19(27)24-8-9-25-10-12-29-13-11-25/h4-7,14-15,18H,8-13H2,1-3H3,(H,24,27). The predicted molar refractivity (Wildman–Crippen MR) is 110 cm³/mol. The van der Waals surface area contributed by atoms with Gasteiger partial charge in [0.1, 0.15) is 6.04 Å². The van der Waals surface area contributed by atoms with Crippen LogP contribution < -0.4 is 5.32 Å². The van der Waals surface area contributed by atoms with Crippen LogP contribution in [0.3, 0.4) is 0 Å². The second-order valence-electron chi connectivity index (χ2n) is 8.14. The van der Waals surface area contributed by atoms with Gasteiger partial charge in [-0.1, -0.05) is 0 Å². The van der Waals surface area contributed by atoms with Gasteiger partial charge in [0.15, 0.2) is 6.39 Å². The summed E-state index contributed by atoms with van der Waals surface area (Å²) in [6.45, 7) is 9.97. The van der Waals surface area contributed by atoms with Crippen molar-refractivity contribution in [2.45, 2.75) is 32.4 Å². The maximum absolute atomic E-state index is 13.3. The highest BCUT2D eigenvalue weighted by atomic mass is 16.5. The number of rotatable bonds is 7. The molecule has 1 atom stereocenters. The van der Waals surface area contributed by atoms with Crippen molar-refractivity contribution in [1.29, 1.82) is 0 Å². The summed E-state index contributed by atoms with van der Waals surface area (Å²) in [6.07, 6.45) is 5.80. The first-order valence-corrected chi connectivity index (χ1v) is 10.1. The first-order valence-electron chi connectivity index (χ1n) is 10.1. The monoisotopic (exact) mass is 415 g/mol. The van der Waals surface area contributed by atoms with Crippen LogP contribution >= 0.6 is 0 Å². The Morgan fingerprint density at radius 1 is 1.20 bits per heavy atom. The zero-order valence-electron chi connectivity index (χ0n) is 17.7. The van der Waals surface area contributed by atoms with E-state index in [0.717, 1.165) is 19.6 Å². The highest BCUT2D eigenvalue weighted by Crippen LogP contribution is 2.30. The lowest BCUT2D eigenvalue weighted by molar-refractivity contribution is -0.127. The number of carbonyl (C=O) groups excluding carboxylic acids is 2. The SMILES string of the molecule is CC(C)(C)N(C(=O)c1cnco1)C(C(=O)NCCN1CCOCC1)c1ccncc1. The van der Waals surface area contributed by atoms with Gasteiger partial charge in [-0.15, -0.1) is 0 Å². The van der Waals surface area contributed by atoms with E-state index in [1.807, 2.05) is 20.8 Å². The Balaban J connectivity index is 1.82. The van der Waals surface area contributed by atoms with Gasteiger partial charge in [-0.3, -0.25) is 19.5 Å². The number of nitrogens with one attached hydrogen (secondary N) is 1. The van der Waals surface area contributed by atoms with Crippen LogP contribution in [0.15, 0.2) is 41.5 Å². The lowest BCUT2D eigenvalue weighted by atomic mass is 9.97. The molecule has 1 aliphatic rings. The largest absolute Gasteiger partial charge is 0.438 e. The van der Waals surface area contributed by atoms with Crippen LogP contribution in [0.4, 0.5) is 0 Å². The fraction of sp³-hybridized carbons (Fsp3) is 0.524. The van der Waals surface area contributed by atoms with E-state index in [2.05, 4.69) is 20.2 Å². The van der Waals surface area contributed by atoms with Crippen LogP contribution in [0.1, 0.15) is 42.9 Å². The zero-order chi connectivity index (χ0) is 21.6. The molecular formula is C21H29N5O4. The molecule has 3 rings (SSSR count). The van der Waals surface area contributed by atoms with E-state index in [1.54, 1.807) is 24.5 Å². The minimum Gasteiger partial charge on any atom is -0.438 e. The number of ether oxygens (including phenoxy) is 1. The molecule has 1 N–H and O–H groups in total. The van der Waals surface area contributed by atoms with Crippen molar-refractivity contribution in [1.82, 2.24) is 25.1 Å². The Kier molecular flexibility index (Phi) is 7.17. The van der Waals surface area contributed by atoms with Crippen LogP contribution in [0.5, 0.6) is 0 Å². The van der Waals surface area contributed by atoms with E-state index in [-0.39, 0.29) is 11.7 Å². The van der Waals surface area contributed by atoms with Gasteiger partial charge in [0, 0.05) is 44.1 Å². The number of pyridine rings is 1. The number of hydrogen-bond donors (Lipinski definition) is 1. The Bertz CT molecular complexity index is 814. The number of morpholine rings is 1. The summed E-state index contributed by atoms with van der Waals surface area (Å²) in [7, 11) is 0. The molecule has 30 heavy (non-hydrogen) atoms. The molecule has 3 heterocycles. The maximum atomic E-state index is 13.3. The van der Waals surface area contributed by atoms with Gasteiger partial charge < -0.3 is 19.4 Å². The van der Waals surface area contributed by atoms with Gasteiger partial charge in [0.2, 0.25) is 11.7 Å². The molecule has 9 nitrogen and oxygen atoms in total. The Hall–Kier alpha value is -2.78. The summed E-state index contributed by atoms with van der Waals surface area (Å²) >= 11 is 0. The number of carbonyl (C=O) groups is 2. The van der Waals surface area contributed by atoms with E-state index < -0.39 is 17.5 Å². The molecule has 1 aliphatic heterocycles. The van der Waals surface area contributed by atoms with Crippen LogP contribution in [-0.4, -0.2) is 76.5 Å². The quantitative estimate of drug-likeness (QED) is 0.731. The first kappa shape index (κ1) is 21.9. The molecule has 2 amide bonds. The molecule has 1 fully saturated rings. The Morgan fingerprint density at radius 3 is 2.50 bits per heavy atom. The zero-order valence-corrected chi connectivity index (χ0v) is 17.7. The van der Waals surface area contributed by atoms with Gasteiger partial charge in [-0.05, 0) is 38.5 Å². The van der Waals surface area contributed by atoms with E-state index >= 15 is 0 Å². The fourth-order valence-electron chi connectivity index (χ4n) is 3.47. The molecule has 0 aliphatic carbocycles. The van der Waals surface area contributed by atoms with Gasteiger partial charge in [0.25, 0.3) is 5.91 Å². The van der Waals surface area contributed by atoms with Crippen molar-refractivity contribution in [2.75, 3.05) is 39.4 Å². The molecule has 0 saturated carbocycles. The topological polar surface area (TPSA) is 101 Å². The molecule has 2 aromatic heterocycles. The van der Waals surface area contributed by atoms with Crippen molar-refractivity contribution in [2.24, 2.45) is 0 Å². The van der Waals surface area contributed by atoms with Gasteiger partial charge in [-0.25, -0.2) is 4.98 Å². The summed E-state index contributed by atoms with van der Waals surface area (Å²) < 4.78 is 10.6. The molecule has 2 aromatic rings. The van der Waals surface area contributed by atoms with E-state index in [4.69, 9.17) is 9.15 Å². The molecule has 9 heteroatoms. The number of oxazole rings is 1. The van der Waals surface area contributed by atoms with E-state index in [1.165, 1.54) is 17.5 Å². The third-order valence-corrected chi connectivity index (χ3v) is 4.94. The minimum atomic E-state index is -0.838. The molecular weight excluding hydrogens is 386 g/mol. The maximum Gasteiger partial charge on any atom is 0.292 e. The summed E-state index contributed by atoms with van der Waals surface area (Å²) in [6, 6.07) is 2.66. The van der Waals surface area contributed by atoms with Crippen LogP contribution in [0.25, 0.3) is 0 Å². The van der Waals surface area contributed by atoms with Gasteiger partial charge in [-0.2, -0.15) is 0 Å². The van der Waals surface area contributed by atoms with E-state index in [0.29, 0.717) is 25.3 Å². The molecule has 0 aromatic carbocycles. The molecule has 1 unspecified atom stereocenters. The fourth-order valence-corrected chi connectivity index (χ4v) is 3.47. The Morgan fingerprint density at radius 2 is 1.90 bits per heavy atom. The van der Waals surface area contributed by atoms with Crippen LogP contribution in [0.2, 0.25) is 0 Å². The van der Waals surface area contributed by atoms with Crippen molar-refractivity contribution >= 4 is 11.8 Å². The summed E-state index contributed by atoms with van der Waals surface area (Å²) in [4.78, 5) is 38.3. The first-order chi connectivity index (χ1) is 14.4. The smallest absolute Gasteiger partial charge is 0.292 e. The van der Waals surface area contributed by atoms with Gasteiger partial charge >= 0.3 is 0 Å². The number of aromatic nitrogens is 2. The van der Waals surface area contributed by atoms with E-state index in [9.17, 15) is 9.59 Å². The van der Waals surface area contributed by atoms with Crippen molar-refractivity contribution in [3.8, 4) is 0 Å². The highest BCUT2D eigenvalue weighted by molar-refractivity contribution is 5.96. The molecule has 0 radical (unpaired) electrons. The number of nitrogens with zero attached hydrogens (tertiary/aromatic N) is 4. The molecule has 162 valence electrons. The highest BCUT2D eigenvalue weighted by Gasteiger charge is 2.40. The van der Waals surface area contributed by atoms with Crippen molar-refractivity contribution in [3.05, 3.63) is 48.4 Å². The minimum absolute atomic E-state index is 0.0881. The van der Waals surface area contributed by atoms with Gasteiger partial charge in [0.05, 0.1) is 19.4 Å². The normalized spacial score (nSPS) is 16.1.